The number of hydrogen-bond donors (Lipinski definition) is 0. The number of rotatable bonds is 2. The molecule has 0 unspecified atom stereocenters. The monoisotopic (exact) mass is 366 g/mol. The molecular weight excluding hydrogens is 340 g/mol. The molecule has 0 bridgehead atoms. The highest BCUT2D eigenvalue weighted by Gasteiger charge is 2.31. The maximum Gasteiger partial charge on any atom is 0.312 e. The highest BCUT2D eigenvalue weighted by molar-refractivity contribution is 6.35. The van der Waals surface area contributed by atoms with Crippen LogP contribution >= 0.6 is 0 Å². The van der Waals surface area contributed by atoms with Gasteiger partial charge in [0.15, 0.2) is 0 Å². The summed E-state index contributed by atoms with van der Waals surface area (Å²) in [7, 11) is 0. The lowest BCUT2D eigenvalue weighted by atomic mass is 10.1. The molecule has 142 valence electrons. The first kappa shape index (κ1) is 17.8. The van der Waals surface area contributed by atoms with Crippen LogP contribution in [-0.4, -0.2) is 65.9 Å². The van der Waals surface area contributed by atoms with Gasteiger partial charge in [-0.25, -0.2) is 0 Å². The van der Waals surface area contributed by atoms with E-state index in [2.05, 4.69) is 24.0 Å². The Bertz CT molecular complexity index is 852. The number of hydrogen-bond acceptors (Lipinski definition) is 4. The normalized spacial score (nSPS) is 17.6. The molecule has 6 nitrogen and oxygen atoms in total. The molecule has 1 aromatic carbocycles. The Hall–Kier alpha value is -2.63. The van der Waals surface area contributed by atoms with E-state index in [1.807, 2.05) is 18.2 Å². The molecule has 0 spiro atoms. The van der Waals surface area contributed by atoms with Crippen molar-refractivity contribution in [3.8, 4) is 0 Å². The number of carbonyl (C=O) groups is 2. The summed E-state index contributed by atoms with van der Waals surface area (Å²) in [5.41, 5.74) is 3.26. The molecule has 0 radical (unpaired) electrons. The van der Waals surface area contributed by atoms with Gasteiger partial charge in [-0.15, -0.1) is 0 Å². The Labute approximate surface area is 159 Å². The summed E-state index contributed by atoms with van der Waals surface area (Å²) in [6.45, 7) is 6.17. The number of carbonyl (C=O) groups excluding carboxylic acids is 2. The second-order valence-electron chi connectivity index (χ2n) is 7.28. The van der Waals surface area contributed by atoms with Gasteiger partial charge in [0.1, 0.15) is 0 Å². The summed E-state index contributed by atoms with van der Waals surface area (Å²) in [6.07, 6.45) is 2.89. The Balaban J connectivity index is 1.48. The predicted octanol–water partition coefficient (Wildman–Crippen LogP) is 2.07. The van der Waals surface area contributed by atoms with Gasteiger partial charge in [0, 0.05) is 56.0 Å². The fraction of sp³-hybridized carbons (Fsp3) is 0.476. The van der Waals surface area contributed by atoms with E-state index in [0.29, 0.717) is 26.2 Å². The van der Waals surface area contributed by atoms with Crippen LogP contribution in [0.4, 0.5) is 5.69 Å². The van der Waals surface area contributed by atoms with Gasteiger partial charge in [0.2, 0.25) is 0 Å². The van der Waals surface area contributed by atoms with Crippen LogP contribution in [0.1, 0.15) is 25.5 Å². The molecule has 0 aliphatic carbocycles. The summed E-state index contributed by atoms with van der Waals surface area (Å²) in [5.74, 6) is -0.672. The topological polar surface area (TPSA) is 56.8 Å². The number of nitrogens with zero attached hydrogens (tertiary/aromatic N) is 4. The number of amides is 2. The van der Waals surface area contributed by atoms with Crippen LogP contribution in [0.15, 0.2) is 30.3 Å². The zero-order chi connectivity index (χ0) is 18.8. The van der Waals surface area contributed by atoms with Crippen molar-refractivity contribution in [2.75, 3.05) is 44.2 Å². The Kier molecular flexibility index (Phi) is 4.97. The highest BCUT2D eigenvalue weighted by Crippen LogP contribution is 2.28. The smallest absolute Gasteiger partial charge is 0.312 e. The number of piperazine rings is 1. The van der Waals surface area contributed by atoms with E-state index in [4.69, 9.17) is 4.98 Å². The van der Waals surface area contributed by atoms with Crippen LogP contribution in [0.3, 0.4) is 0 Å². The third kappa shape index (κ3) is 3.48. The van der Waals surface area contributed by atoms with E-state index in [1.165, 1.54) is 5.69 Å². The van der Waals surface area contributed by atoms with Crippen LogP contribution in [0.25, 0.3) is 10.9 Å². The number of aryl methyl sites for hydroxylation is 1. The van der Waals surface area contributed by atoms with Crippen molar-refractivity contribution in [3.63, 3.8) is 0 Å². The van der Waals surface area contributed by atoms with Crippen molar-refractivity contribution < 1.29 is 9.59 Å². The Morgan fingerprint density at radius 3 is 2.22 bits per heavy atom. The fourth-order valence-corrected chi connectivity index (χ4v) is 3.99. The molecule has 2 aromatic rings. The maximum atomic E-state index is 12.5. The lowest BCUT2D eigenvalue weighted by molar-refractivity contribution is -0.151. The molecule has 4 rings (SSSR count). The van der Waals surface area contributed by atoms with Crippen molar-refractivity contribution in [1.82, 2.24) is 14.8 Å². The molecule has 6 heteroatoms. The molecule has 0 saturated carbocycles. The molecule has 3 heterocycles. The van der Waals surface area contributed by atoms with Gasteiger partial charge in [0.25, 0.3) is 0 Å². The van der Waals surface area contributed by atoms with Crippen molar-refractivity contribution in [1.29, 1.82) is 0 Å². The van der Waals surface area contributed by atoms with Crippen LogP contribution in [0.5, 0.6) is 0 Å². The minimum Gasteiger partial charge on any atom is -0.367 e. The molecule has 1 aromatic heterocycles. The van der Waals surface area contributed by atoms with Gasteiger partial charge < -0.3 is 14.7 Å². The quantitative estimate of drug-likeness (QED) is 0.764. The molecular formula is C21H26N4O2. The van der Waals surface area contributed by atoms with E-state index in [-0.39, 0.29) is 11.8 Å². The lowest BCUT2D eigenvalue weighted by Crippen LogP contribution is -2.53. The largest absolute Gasteiger partial charge is 0.367 e. The van der Waals surface area contributed by atoms with E-state index in [0.717, 1.165) is 48.9 Å². The van der Waals surface area contributed by atoms with Crippen molar-refractivity contribution >= 4 is 28.4 Å². The minimum absolute atomic E-state index is 0.330. The van der Waals surface area contributed by atoms with Crippen LogP contribution in [0, 0.1) is 0 Å². The van der Waals surface area contributed by atoms with Crippen LogP contribution in [-0.2, 0) is 16.0 Å². The van der Waals surface area contributed by atoms with E-state index < -0.39 is 0 Å². The molecule has 0 atom stereocenters. The summed E-state index contributed by atoms with van der Waals surface area (Å²) >= 11 is 0. The standard InChI is InChI=1S/C21H26N4O2/c1-2-16-15-19(17-7-3-4-8-18(17)22-16)23-11-13-25(14-12-23)21(27)20(26)24-9-5-6-10-24/h3-4,7-8,15H,2,5-6,9-14H2,1H3. The van der Waals surface area contributed by atoms with Crippen molar-refractivity contribution in [2.24, 2.45) is 0 Å². The maximum absolute atomic E-state index is 12.5. The average Bonchev–Trinajstić information content (AvgIpc) is 3.27. The SMILES string of the molecule is CCc1cc(N2CCN(C(=O)C(=O)N3CCCC3)CC2)c2ccccc2n1. The van der Waals surface area contributed by atoms with Crippen molar-refractivity contribution in [3.05, 3.63) is 36.0 Å². The summed E-state index contributed by atoms with van der Waals surface area (Å²) < 4.78 is 0. The molecule has 2 fully saturated rings. The zero-order valence-electron chi connectivity index (χ0n) is 15.9. The second-order valence-corrected chi connectivity index (χ2v) is 7.28. The second kappa shape index (κ2) is 7.55. The summed E-state index contributed by atoms with van der Waals surface area (Å²) in [5, 5.41) is 1.14. The number of para-hydroxylation sites is 1. The molecule has 27 heavy (non-hydrogen) atoms. The predicted molar refractivity (Wildman–Crippen MR) is 106 cm³/mol. The number of benzene rings is 1. The molecule has 2 aliphatic heterocycles. The molecule has 2 aliphatic rings. The Morgan fingerprint density at radius 1 is 0.926 bits per heavy atom. The number of likely N-dealkylation sites (tertiary alicyclic amines) is 1. The van der Waals surface area contributed by atoms with Gasteiger partial charge >= 0.3 is 11.8 Å². The first-order valence-electron chi connectivity index (χ1n) is 9.89. The van der Waals surface area contributed by atoms with Crippen LogP contribution < -0.4 is 4.90 Å². The Morgan fingerprint density at radius 2 is 1.56 bits per heavy atom. The molecule has 0 N–H and O–H groups in total. The fourth-order valence-electron chi connectivity index (χ4n) is 3.99. The van der Waals surface area contributed by atoms with E-state index in [1.54, 1.807) is 9.80 Å². The summed E-state index contributed by atoms with van der Waals surface area (Å²) in [6, 6.07) is 10.4. The van der Waals surface area contributed by atoms with Gasteiger partial charge in [-0.2, -0.15) is 0 Å². The van der Waals surface area contributed by atoms with E-state index >= 15 is 0 Å². The molecule has 2 amide bonds. The molecule has 2 saturated heterocycles. The van der Waals surface area contributed by atoms with Crippen molar-refractivity contribution in [2.45, 2.75) is 26.2 Å². The number of fused-ring (bicyclic) bond motifs is 1. The third-order valence-electron chi connectivity index (χ3n) is 5.59. The first-order chi connectivity index (χ1) is 13.2. The van der Waals surface area contributed by atoms with Gasteiger partial charge in [-0.1, -0.05) is 25.1 Å². The zero-order valence-corrected chi connectivity index (χ0v) is 15.9. The highest BCUT2D eigenvalue weighted by atomic mass is 16.2. The van der Waals surface area contributed by atoms with Gasteiger partial charge in [-0.05, 0) is 31.4 Å². The summed E-state index contributed by atoms with van der Waals surface area (Å²) in [4.78, 5) is 35.3. The van der Waals surface area contributed by atoms with Gasteiger partial charge in [-0.3, -0.25) is 14.6 Å². The van der Waals surface area contributed by atoms with Gasteiger partial charge in [0.05, 0.1) is 5.52 Å². The average molecular weight is 366 g/mol. The first-order valence-corrected chi connectivity index (χ1v) is 9.89. The van der Waals surface area contributed by atoms with Crippen LogP contribution in [0.2, 0.25) is 0 Å². The number of pyridine rings is 1. The minimum atomic E-state index is -0.342. The van der Waals surface area contributed by atoms with E-state index in [9.17, 15) is 9.59 Å². The number of anilines is 1. The lowest BCUT2D eigenvalue weighted by Gasteiger charge is -2.36. The number of aromatic nitrogens is 1. The third-order valence-corrected chi connectivity index (χ3v) is 5.59.